The standard InChI is InChI=1S/C19H18N2O9/c1-9(22)10-5-13-14(30-8-29-13)7-12(10)20-19(23)11-6-15(26-2)17(27-3)18(28-4)16(11)21(24)25/h5-7H,8H2,1-4H3,(H,20,23). The average molecular weight is 418 g/mol. The zero-order chi connectivity index (χ0) is 22.0. The van der Waals surface area contributed by atoms with Gasteiger partial charge in [-0.1, -0.05) is 0 Å². The van der Waals surface area contributed by atoms with Crippen LogP contribution in [-0.2, 0) is 0 Å². The molecule has 30 heavy (non-hydrogen) atoms. The van der Waals surface area contributed by atoms with Gasteiger partial charge in [-0.2, -0.15) is 0 Å². The molecule has 1 heterocycles. The first-order chi connectivity index (χ1) is 14.3. The number of benzene rings is 2. The third-order valence-electron chi connectivity index (χ3n) is 4.37. The van der Waals surface area contributed by atoms with Crippen molar-refractivity contribution in [1.82, 2.24) is 0 Å². The molecule has 0 spiro atoms. The van der Waals surface area contributed by atoms with Crippen molar-refractivity contribution in [2.45, 2.75) is 6.92 Å². The number of fused-ring (bicyclic) bond motifs is 1. The number of amides is 1. The number of nitro groups is 1. The highest BCUT2D eigenvalue weighted by Crippen LogP contribution is 2.46. The van der Waals surface area contributed by atoms with E-state index >= 15 is 0 Å². The Hall–Kier alpha value is -4.02. The molecule has 0 radical (unpaired) electrons. The zero-order valence-electron chi connectivity index (χ0n) is 16.6. The monoisotopic (exact) mass is 418 g/mol. The first-order valence-electron chi connectivity index (χ1n) is 8.55. The Bertz CT molecular complexity index is 1050. The van der Waals surface area contributed by atoms with Crippen molar-refractivity contribution in [3.8, 4) is 28.7 Å². The second kappa shape index (κ2) is 8.15. The van der Waals surface area contributed by atoms with Crippen LogP contribution in [0.4, 0.5) is 11.4 Å². The SMILES string of the molecule is COc1cc(C(=O)Nc2cc3c(cc2C(C)=O)OCO3)c([N+](=O)[O-])c(OC)c1OC. The van der Waals surface area contributed by atoms with E-state index in [2.05, 4.69) is 5.32 Å². The maximum atomic E-state index is 13.0. The Morgan fingerprint density at radius 3 is 2.17 bits per heavy atom. The van der Waals surface area contributed by atoms with Crippen LogP contribution < -0.4 is 29.0 Å². The lowest BCUT2D eigenvalue weighted by Crippen LogP contribution is -2.17. The van der Waals surface area contributed by atoms with Crippen molar-refractivity contribution >= 4 is 23.1 Å². The number of carbonyl (C=O) groups is 2. The van der Waals surface area contributed by atoms with Gasteiger partial charge in [0.05, 0.1) is 31.9 Å². The molecule has 0 unspecified atom stereocenters. The number of rotatable bonds is 7. The van der Waals surface area contributed by atoms with Crippen molar-refractivity contribution in [3.05, 3.63) is 39.4 Å². The van der Waals surface area contributed by atoms with E-state index in [0.29, 0.717) is 11.5 Å². The fraction of sp³-hybridized carbons (Fsp3) is 0.263. The molecule has 1 aliphatic rings. The fourth-order valence-corrected chi connectivity index (χ4v) is 3.02. The molecular formula is C19H18N2O9. The van der Waals surface area contributed by atoms with Gasteiger partial charge in [-0.05, 0) is 13.0 Å². The Balaban J connectivity index is 2.12. The molecular weight excluding hydrogens is 400 g/mol. The minimum atomic E-state index is -0.859. The van der Waals surface area contributed by atoms with E-state index in [1.54, 1.807) is 0 Å². The van der Waals surface area contributed by atoms with Gasteiger partial charge in [0, 0.05) is 17.7 Å². The molecule has 0 aliphatic carbocycles. The molecule has 11 nitrogen and oxygen atoms in total. The van der Waals surface area contributed by atoms with Crippen LogP contribution in [0.1, 0.15) is 27.6 Å². The molecule has 1 aliphatic heterocycles. The number of hydrogen-bond donors (Lipinski definition) is 1. The van der Waals surface area contributed by atoms with Crippen LogP contribution in [0.15, 0.2) is 18.2 Å². The third kappa shape index (κ3) is 3.52. The van der Waals surface area contributed by atoms with E-state index in [0.717, 1.165) is 6.07 Å². The summed E-state index contributed by atoms with van der Waals surface area (Å²) >= 11 is 0. The quantitative estimate of drug-likeness (QED) is 0.409. The van der Waals surface area contributed by atoms with Crippen molar-refractivity contribution in [3.63, 3.8) is 0 Å². The van der Waals surface area contributed by atoms with Gasteiger partial charge in [0.15, 0.2) is 23.0 Å². The number of methoxy groups -OCH3 is 3. The minimum Gasteiger partial charge on any atom is -0.493 e. The maximum Gasteiger partial charge on any atom is 0.327 e. The summed E-state index contributed by atoms with van der Waals surface area (Å²) in [6.07, 6.45) is 0. The van der Waals surface area contributed by atoms with Crippen LogP contribution in [0.5, 0.6) is 28.7 Å². The molecule has 1 N–H and O–H groups in total. The summed E-state index contributed by atoms with van der Waals surface area (Å²) in [7, 11) is 3.81. The predicted molar refractivity (Wildman–Crippen MR) is 103 cm³/mol. The highest BCUT2D eigenvalue weighted by Gasteiger charge is 2.33. The van der Waals surface area contributed by atoms with Gasteiger partial charge in [0.2, 0.25) is 18.3 Å². The number of carbonyl (C=O) groups excluding carboxylic acids is 2. The smallest absolute Gasteiger partial charge is 0.327 e. The van der Waals surface area contributed by atoms with Gasteiger partial charge < -0.3 is 29.0 Å². The topological polar surface area (TPSA) is 135 Å². The Morgan fingerprint density at radius 2 is 1.63 bits per heavy atom. The molecule has 0 aromatic heterocycles. The summed E-state index contributed by atoms with van der Waals surface area (Å²) in [6.45, 7) is 1.29. The van der Waals surface area contributed by atoms with E-state index in [1.165, 1.54) is 40.4 Å². The molecule has 2 aromatic carbocycles. The van der Waals surface area contributed by atoms with E-state index in [1.807, 2.05) is 0 Å². The highest BCUT2D eigenvalue weighted by molar-refractivity contribution is 6.12. The van der Waals surface area contributed by atoms with Crippen molar-refractivity contribution < 1.29 is 38.2 Å². The molecule has 2 aromatic rings. The molecule has 3 rings (SSSR count). The summed E-state index contributed by atoms with van der Waals surface area (Å²) in [4.78, 5) is 36.0. The molecule has 0 bridgehead atoms. The van der Waals surface area contributed by atoms with Crippen LogP contribution in [0.3, 0.4) is 0 Å². The fourth-order valence-electron chi connectivity index (χ4n) is 3.02. The molecule has 158 valence electrons. The number of nitro benzene ring substituents is 1. The Kier molecular flexibility index (Phi) is 5.63. The summed E-state index contributed by atoms with van der Waals surface area (Å²) in [6, 6.07) is 4.01. The zero-order valence-corrected chi connectivity index (χ0v) is 16.6. The maximum absolute atomic E-state index is 13.0. The molecule has 1 amide bonds. The van der Waals surface area contributed by atoms with E-state index in [9.17, 15) is 19.7 Å². The lowest BCUT2D eigenvalue weighted by molar-refractivity contribution is -0.386. The molecule has 0 saturated heterocycles. The van der Waals surface area contributed by atoms with E-state index < -0.39 is 16.5 Å². The first-order valence-corrected chi connectivity index (χ1v) is 8.55. The minimum absolute atomic E-state index is 0.0254. The van der Waals surface area contributed by atoms with E-state index in [-0.39, 0.29) is 46.6 Å². The van der Waals surface area contributed by atoms with Crippen LogP contribution in [-0.4, -0.2) is 44.7 Å². The average Bonchev–Trinajstić information content (AvgIpc) is 3.18. The van der Waals surface area contributed by atoms with Crippen molar-refractivity contribution in [2.24, 2.45) is 0 Å². The van der Waals surface area contributed by atoms with Crippen molar-refractivity contribution in [1.29, 1.82) is 0 Å². The van der Waals surface area contributed by atoms with Gasteiger partial charge in [-0.3, -0.25) is 19.7 Å². The summed E-state index contributed by atoms with van der Waals surface area (Å²) in [5.41, 5.74) is -0.693. The van der Waals surface area contributed by atoms with Crippen molar-refractivity contribution in [2.75, 3.05) is 33.4 Å². The molecule has 0 atom stereocenters. The molecule has 11 heteroatoms. The number of nitrogens with zero attached hydrogens (tertiary/aromatic N) is 1. The van der Waals surface area contributed by atoms with Gasteiger partial charge in [-0.25, -0.2) is 0 Å². The lowest BCUT2D eigenvalue weighted by atomic mass is 10.1. The third-order valence-corrected chi connectivity index (χ3v) is 4.37. The van der Waals surface area contributed by atoms with Gasteiger partial charge in [0.1, 0.15) is 5.56 Å². The second-order valence-electron chi connectivity index (χ2n) is 6.06. The van der Waals surface area contributed by atoms with Crippen LogP contribution in [0.2, 0.25) is 0 Å². The molecule has 0 saturated carbocycles. The number of nitrogens with one attached hydrogen (secondary N) is 1. The van der Waals surface area contributed by atoms with Gasteiger partial charge in [-0.15, -0.1) is 0 Å². The van der Waals surface area contributed by atoms with Gasteiger partial charge >= 0.3 is 5.69 Å². The number of hydrogen-bond acceptors (Lipinski definition) is 9. The normalized spacial score (nSPS) is 11.6. The number of ether oxygens (including phenoxy) is 5. The van der Waals surface area contributed by atoms with Crippen LogP contribution in [0.25, 0.3) is 0 Å². The second-order valence-corrected chi connectivity index (χ2v) is 6.06. The summed E-state index contributed by atoms with van der Waals surface area (Å²) < 4.78 is 26.0. The number of anilines is 1. The van der Waals surface area contributed by atoms with Gasteiger partial charge in [0.25, 0.3) is 5.91 Å². The summed E-state index contributed by atoms with van der Waals surface area (Å²) in [5, 5.41) is 14.2. The highest BCUT2D eigenvalue weighted by atomic mass is 16.7. The van der Waals surface area contributed by atoms with Crippen LogP contribution >= 0.6 is 0 Å². The number of ketones is 1. The van der Waals surface area contributed by atoms with Crippen LogP contribution in [0, 0.1) is 10.1 Å². The largest absolute Gasteiger partial charge is 0.493 e. The lowest BCUT2D eigenvalue weighted by Gasteiger charge is -2.15. The predicted octanol–water partition coefficient (Wildman–Crippen LogP) is 2.80. The van der Waals surface area contributed by atoms with E-state index in [4.69, 9.17) is 23.7 Å². The summed E-state index contributed by atoms with van der Waals surface area (Å²) in [5.74, 6) is -0.764. The molecule has 0 fully saturated rings. The number of Topliss-reactive ketones (excluding diaryl/α,β-unsaturated/α-hetero) is 1. The Morgan fingerprint density at radius 1 is 1.00 bits per heavy atom. The first kappa shape index (κ1) is 20.7. The Labute approximate surface area is 170 Å².